The first kappa shape index (κ1) is 19.7. The molecule has 0 saturated carbocycles. The quantitative estimate of drug-likeness (QED) is 0.791. The number of nitrogens with zero attached hydrogens (tertiary/aromatic N) is 3. The summed E-state index contributed by atoms with van der Waals surface area (Å²) in [6, 6.07) is 3.85. The highest BCUT2D eigenvalue weighted by Gasteiger charge is 2.25. The molecule has 25 heavy (non-hydrogen) atoms. The molecular weight excluding hydrogens is 334 g/mol. The fourth-order valence-electron chi connectivity index (χ4n) is 3.52. The molecule has 5 nitrogen and oxygen atoms in total. The number of aryl methyl sites for hydroxylation is 5. The third kappa shape index (κ3) is 3.80. The second-order valence-electron chi connectivity index (χ2n) is 6.77. The van der Waals surface area contributed by atoms with Crippen molar-refractivity contribution < 1.29 is 8.42 Å². The smallest absolute Gasteiger partial charge is 0.243 e. The first-order valence-electron chi connectivity index (χ1n) is 8.66. The lowest BCUT2D eigenvalue weighted by Gasteiger charge is -2.20. The normalized spacial score (nSPS) is 12.2. The highest BCUT2D eigenvalue weighted by atomic mass is 32.2. The second kappa shape index (κ2) is 7.30. The Morgan fingerprint density at radius 3 is 2.12 bits per heavy atom. The van der Waals surface area contributed by atoms with Crippen LogP contribution in [0.5, 0.6) is 0 Å². The predicted molar refractivity (Wildman–Crippen MR) is 102 cm³/mol. The van der Waals surface area contributed by atoms with Gasteiger partial charge in [0.15, 0.2) is 0 Å². The van der Waals surface area contributed by atoms with Crippen LogP contribution in [0.3, 0.4) is 0 Å². The Kier molecular flexibility index (Phi) is 5.74. The van der Waals surface area contributed by atoms with E-state index in [4.69, 9.17) is 0 Å². The van der Waals surface area contributed by atoms with Gasteiger partial charge in [0.05, 0.1) is 10.6 Å². The van der Waals surface area contributed by atoms with Crippen molar-refractivity contribution in [3.8, 4) is 0 Å². The maximum atomic E-state index is 13.0. The van der Waals surface area contributed by atoms with Gasteiger partial charge in [-0.15, -0.1) is 0 Å². The highest BCUT2D eigenvalue weighted by molar-refractivity contribution is 7.89. The third-order valence-electron chi connectivity index (χ3n) is 4.78. The first-order chi connectivity index (χ1) is 11.6. The zero-order chi connectivity index (χ0) is 18.9. The van der Waals surface area contributed by atoms with Gasteiger partial charge in [-0.2, -0.15) is 5.10 Å². The van der Waals surface area contributed by atoms with Gasteiger partial charge in [-0.25, -0.2) is 12.7 Å². The molecule has 138 valence electrons. The summed E-state index contributed by atoms with van der Waals surface area (Å²) in [4.78, 5) is 0.429. The van der Waals surface area contributed by atoms with Gasteiger partial charge in [0, 0.05) is 25.8 Å². The summed E-state index contributed by atoms with van der Waals surface area (Å²) in [5.74, 6) is 0. The summed E-state index contributed by atoms with van der Waals surface area (Å²) in [5.41, 5.74) is 5.92. The molecule has 0 aliphatic carbocycles. The zero-order valence-corrected chi connectivity index (χ0v) is 17.2. The largest absolute Gasteiger partial charge is 0.270 e. The molecule has 0 radical (unpaired) electrons. The molecular formula is C19H29N3O2S. The van der Waals surface area contributed by atoms with Gasteiger partial charge in [-0.3, -0.25) is 4.68 Å². The van der Waals surface area contributed by atoms with Crippen LogP contribution >= 0.6 is 0 Å². The average molecular weight is 364 g/mol. The lowest BCUT2D eigenvalue weighted by Crippen LogP contribution is -2.30. The van der Waals surface area contributed by atoms with Gasteiger partial charge in [-0.1, -0.05) is 17.7 Å². The van der Waals surface area contributed by atoms with E-state index in [0.717, 1.165) is 40.2 Å². The average Bonchev–Trinajstić information content (AvgIpc) is 2.77. The van der Waals surface area contributed by atoms with E-state index in [1.54, 1.807) is 7.05 Å². The molecule has 0 unspecified atom stereocenters. The van der Waals surface area contributed by atoms with Crippen molar-refractivity contribution in [2.45, 2.75) is 59.4 Å². The van der Waals surface area contributed by atoms with Crippen LogP contribution in [0.25, 0.3) is 0 Å². The van der Waals surface area contributed by atoms with Gasteiger partial charge in [0.25, 0.3) is 0 Å². The van der Waals surface area contributed by atoms with Gasteiger partial charge in [0.2, 0.25) is 10.0 Å². The molecule has 0 aliphatic heterocycles. The van der Waals surface area contributed by atoms with E-state index in [9.17, 15) is 8.42 Å². The lowest BCUT2D eigenvalue weighted by atomic mass is 10.1. The van der Waals surface area contributed by atoms with Crippen LogP contribution < -0.4 is 0 Å². The molecule has 0 atom stereocenters. The number of rotatable bonds is 6. The Balaban J connectivity index is 2.26. The second-order valence-corrected chi connectivity index (χ2v) is 8.75. The van der Waals surface area contributed by atoms with Crippen LogP contribution in [0.15, 0.2) is 17.0 Å². The Labute approximate surface area is 151 Å². The van der Waals surface area contributed by atoms with Crippen LogP contribution in [0.1, 0.15) is 40.6 Å². The molecule has 0 saturated heterocycles. The molecule has 0 amide bonds. The number of hydrogen-bond acceptors (Lipinski definition) is 3. The number of likely N-dealkylation sites (N-methyl/N-ethyl adjacent to an activating group) is 1. The molecule has 0 N–H and O–H groups in total. The van der Waals surface area contributed by atoms with Gasteiger partial charge in [0.1, 0.15) is 0 Å². The SMILES string of the molecule is CCn1nc(C)c(CCN(C)S(=O)(=O)c2c(C)cc(C)cc2C)c1C. The van der Waals surface area contributed by atoms with E-state index >= 15 is 0 Å². The molecule has 0 aliphatic rings. The van der Waals surface area contributed by atoms with E-state index in [0.29, 0.717) is 17.9 Å². The minimum atomic E-state index is -3.51. The first-order valence-corrected chi connectivity index (χ1v) is 10.1. The van der Waals surface area contributed by atoms with E-state index < -0.39 is 10.0 Å². The van der Waals surface area contributed by atoms with E-state index in [1.807, 2.05) is 51.4 Å². The molecule has 0 spiro atoms. The summed E-state index contributed by atoms with van der Waals surface area (Å²) < 4.78 is 29.5. The van der Waals surface area contributed by atoms with Crippen molar-refractivity contribution in [3.05, 3.63) is 45.8 Å². The van der Waals surface area contributed by atoms with Crippen LogP contribution in [-0.4, -0.2) is 36.1 Å². The zero-order valence-electron chi connectivity index (χ0n) is 16.3. The molecule has 1 heterocycles. The molecule has 6 heteroatoms. The number of hydrogen-bond donors (Lipinski definition) is 0. The Morgan fingerprint density at radius 2 is 1.64 bits per heavy atom. The van der Waals surface area contributed by atoms with E-state index in [-0.39, 0.29) is 0 Å². The predicted octanol–water partition coefficient (Wildman–Crippen LogP) is 3.31. The maximum absolute atomic E-state index is 13.0. The van der Waals surface area contributed by atoms with Crippen molar-refractivity contribution in [1.82, 2.24) is 14.1 Å². The van der Waals surface area contributed by atoms with E-state index in [2.05, 4.69) is 12.0 Å². The van der Waals surface area contributed by atoms with E-state index in [1.165, 1.54) is 4.31 Å². The van der Waals surface area contributed by atoms with Crippen molar-refractivity contribution >= 4 is 10.0 Å². The van der Waals surface area contributed by atoms with Crippen LogP contribution in [0.2, 0.25) is 0 Å². The van der Waals surface area contributed by atoms with Crippen LogP contribution in [-0.2, 0) is 23.0 Å². The minimum Gasteiger partial charge on any atom is -0.270 e. The van der Waals surface area contributed by atoms with Crippen molar-refractivity contribution in [1.29, 1.82) is 0 Å². The summed E-state index contributed by atoms with van der Waals surface area (Å²) >= 11 is 0. The molecule has 0 fully saturated rings. The Bertz CT molecular complexity index is 859. The van der Waals surface area contributed by atoms with Gasteiger partial charge < -0.3 is 0 Å². The maximum Gasteiger partial charge on any atom is 0.243 e. The topological polar surface area (TPSA) is 55.2 Å². The Morgan fingerprint density at radius 1 is 1.08 bits per heavy atom. The standard InChI is InChI=1S/C19H29N3O2S/c1-8-22-17(6)18(16(5)20-22)9-10-21(7)25(23,24)19-14(3)11-13(2)12-15(19)4/h11-12H,8-10H2,1-7H3. The summed E-state index contributed by atoms with van der Waals surface area (Å²) in [6.45, 7) is 13.0. The molecule has 0 bridgehead atoms. The molecule has 1 aromatic heterocycles. The summed E-state index contributed by atoms with van der Waals surface area (Å²) in [7, 11) is -1.85. The molecule has 2 rings (SSSR count). The fourth-order valence-corrected chi connectivity index (χ4v) is 5.10. The lowest BCUT2D eigenvalue weighted by molar-refractivity contribution is 0.471. The molecule has 2 aromatic rings. The van der Waals surface area contributed by atoms with Gasteiger partial charge >= 0.3 is 0 Å². The number of sulfonamides is 1. The van der Waals surface area contributed by atoms with Gasteiger partial charge in [-0.05, 0) is 64.7 Å². The third-order valence-corrected chi connectivity index (χ3v) is 6.94. The van der Waals surface area contributed by atoms with Crippen molar-refractivity contribution in [2.75, 3.05) is 13.6 Å². The summed E-state index contributed by atoms with van der Waals surface area (Å²) in [5, 5.41) is 4.51. The number of benzene rings is 1. The summed E-state index contributed by atoms with van der Waals surface area (Å²) in [6.07, 6.45) is 0.664. The minimum absolute atomic E-state index is 0.429. The van der Waals surface area contributed by atoms with Crippen molar-refractivity contribution in [3.63, 3.8) is 0 Å². The fraction of sp³-hybridized carbons (Fsp3) is 0.526. The number of aromatic nitrogens is 2. The Hall–Kier alpha value is -1.66. The van der Waals surface area contributed by atoms with Crippen LogP contribution in [0.4, 0.5) is 0 Å². The van der Waals surface area contributed by atoms with Crippen LogP contribution in [0, 0.1) is 34.6 Å². The monoisotopic (exact) mass is 363 g/mol. The molecule has 1 aromatic carbocycles. The van der Waals surface area contributed by atoms with Crippen molar-refractivity contribution in [2.24, 2.45) is 0 Å². The highest BCUT2D eigenvalue weighted by Crippen LogP contribution is 2.25.